The number of hydrogen-bond donors (Lipinski definition) is 0. The third-order valence-corrected chi connectivity index (χ3v) is 7.20. The Bertz CT molecular complexity index is 1570. The van der Waals surface area contributed by atoms with Crippen LogP contribution in [-0.4, -0.2) is 40.9 Å². The molecule has 5 aromatic rings. The predicted octanol–water partition coefficient (Wildman–Crippen LogP) is 6.82. The van der Waals surface area contributed by atoms with E-state index < -0.39 is 0 Å². The second kappa shape index (κ2) is 13.6. The number of nitrogens with zero attached hydrogens (tertiary/aromatic N) is 3. The smallest absolute Gasteiger partial charge is 0.298 e. The zero-order valence-electron chi connectivity index (χ0n) is 23.0. The summed E-state index contributed by atoms with van der Waals surface area (Å²) in [4.78, 5) is 20.2. The minimum atomic E-state index is -0.0896. The number of hydrogen-bond acceptors (Lipinski definition) is 7. The molecule has 7 nitrogen and oxygen atoms in total. The van der Waals surface area contributed by atoms with Crippen molar-refractivity contribution in [1.29, 1.82) is 0 Å². The van der Waals surface area contributed by atoms with E-state index in [0.717, 1.165) is 34.8 Å². The molecule has 0 saturated heterocycles. The number of methoxy groups -OCH3 is 2. The summed E-state index contributed by atoms with van der Waals surface area (Å²) in [6.45, 7) is 1.07. The maximum absolute atomic E-state index is 13.8. The number of ether oxygens (including phenoxy) is 3. The van der Waals surface area contributed by atoms with E-state index in [2.05, 4.69) is 21.5 Å². The summed E-state index contributed by atoms with van der Waals surface area (Å²) in [6, 6.07) is 33.2. The molecule has 41 heavy (non-hydrogen) atoms. The zero-order chi connectivity index (χ0) is 28.4. The number of carbonyl (C=O) groups is 1. The van der Waals surface area contributed by atoms with E-state index in [9.17, 15) is 4.79 Å². The van der Waals surface area contributed by atoms with Crippen molar-refractivity contribution in [3.63, 3.8) is 0 Å². The average Bonchev–Trinajstić information content (AvgIpc) is 3.46. The normalized spacial score (nSPS) is 10.7. The van der Waals surface area contributed by atoms with Crippen molar-refractivity contribution in [1.82, 2.24) is 14.3 Å². The zero-order valence-corrected chi connectivity index (χ0v) is 23.8. The third-order valence-electron chi connectivity index (χ3n) is 6.57. The van der Waals surface area contributed by atoms with Gasteiger partial charge in [-0.05, 0) is 53.4 Å². The quantitative estimate of drug-likeness (QED) is 0.165. The Kier molecular flexibility index (Phi) is 9.23. The van der Waals surface area contributed by atoms with Crippen LogP contribution in [-0.2, 0) is 19.4 Å². The van der Waals surface area contributed by atoms with Gasteiger partial charge in [0.05, 0.1) is 14.2 Å². The van der Waals surface area contributed by atoms with E-state index in [1.54, 1.807) is 32.4 Å². The minimum absolute atomic E-state index is 0.0896. The van der Waals surface area contributed by atoms with E-state index in [4.69, 9.17) is 14.2 Å². The van der Waals surface area contributed by atoms with Gasteiger partial charge in [0.1, 0.15) is 5.75 Å². The lowest BCUT2D eigenvalue weighted by Crippen LogP contribution is -2.32. The monoisotopic (exact) mass is 565 g/mol. The highest BCUT2D eigenvalue weighted by molar-refractivity contribution is 7.07. The van der Waals surface area contributed by atoms with Gasteiger partial charge in [-0.2, -0.15) is 9.36 Å². The molecule has 0 fully saturated rings. The van der Waals surface area contributed by atoms with Gasteiger partial charge in [-0.25, -0.2) is 0 Å². The van der Waals surface area contributed by atoms with Crippen LogP contribution in [0, 0.1) is 0 Å². The van der Waals surface area contributed by atoms with E-state index in [1.807, 2.05) is 77.7 Å². The van der Waals surface area contributed by atoms with Gasteiger partial charge in [-0.1, -0.05) is 72.8 Å². The van der Waals surface area contributed by atoms with Gasteiger partial charge in [-0.3, -0.25) is 4.79 Å². The van der Waals surface area contributed by atoms with Gasteiger partial charge < -0.3 is 19.1 Å². The fraction of sp³-hybridized carbons (Fsp3) is 0.182. The SMILES string of the molecule is COc1cccc(Cc2nsc(Oc3cc(C(=O)N(CCc4ccccc4)Cc4ccccc4)ccc3OC)n2)c1. The molecule has 0 atom stereocenters. The topological polar surface area (TPSA) is 73.8 Å². The summed E-state index contributed by atoms with van der Waals surface area (Å²) < 4.78 is 21.4. The molecule has 1 amide bonds. The molecule has 0 aliphatic rings. The lowest BCUT2D eigenvalue weighted by atomic mass is 10.1. The van der Waals surface area contributed by atoms with Crippen LogP contribution in [0.1, 0.15) is 32.9 Å². The molecule has 5 rings (SSSR count). The maximum Gasteiger partial charge on any atom is 0.298 e. The first-order valence-electron chi connectivity index (χ1n) is 13.3. The van der Waals surface area contributed by atoms with Crippen molar-refractivity contribution in [2.75, 3.05) is 20.8 Å². The van der Waals surface area contributed by atoms with Crippen LogP contribution in [0.3, 0.4) is 0 Å². The molecule has 0 saturated carbocycles. The highest BCUT2D eigenvalue weighted by Crippen LogP contribution is 2.34. The van der Waals surface area contributed by atoms with E-state index >= 15 is 0 Å². The van der Waals surface area contributed by atoms with Gasteiger partial charge in [0, 0.05) is 36.6 Å². The molecule has 4 aromatic carbocycles. The van der Waals surface area contributed by atoms with Gasteiger partial charge in [0.2, 0.25) is 0 Å². The Morgan fingerprint density at radius 2 is 1.51 bits per heavy atom. The average molecular weight is 566 g/mol. The molecule has 0 bridgehead atoms. The van der Waals surface area contributed by atoms with Gasteiger partial charge in [0.15, 0.2) is 17.3 Å². The Morgan fingerprint density at radius 1 is 0.780 bits per heavy atom. The van der Waals surface area contributed by atoms with Crippen molar-refractivity contribution >= 4 is 17.4 Å². The minimum Gasteiger partial charge on any atom is -0.497 e. The number of rotatable bonds is 12. The van der Waals surface area contributed by atoms with E-state index in [-0.39, 0.29) is 5.91 Å². The van der Waals surface area contributed by atoms with E-state index in [0.29, 0.717) is 47.6 Å². The van der Waals surface area contributed by atoms with Crippen LogP contribution < -0.4 is 14.2 Å². The van der Waals surface area contributed by atoms with E-state index in [1.165, 1.54) is 5.56 Å². The first kappa shape index (κ1) is 27.9. The van der Waals surface area contributed by atoms with Crippen molar-refractivity contribution in [3.05, 3.63) is 131 Å². The summed E-state index contributed by atoms with van der Waals surface area (Å²) in [7, 11) is 3.21. The highest BCUT2D eigenvalue weighted by atomic mass is 32.1. The van der Waals surface area contributed by atoms with Gasteiger partial charge >= 0.3 is 0 Å². The molecule has 0 aliphatic heterocycles. The summed E-state index contributed by atoms with van der Waals surface area (Å²) in [5.74, 6) is 2.24. The summed E-state index contributed by atoms with van der Waals surface area (Å²) in [5, 5.41) is 0.371. The van der Waals surface area contributed by atoms with Crippen molar-refractivity contribution in [2.24, 2.45) is 0 Å². The fourth-order valence-electron chi connectivity index (χ4n) is 4.45. The fourth-order valence-corrected chi connectivity index (χ4v) is 5.01. The third kappa shape index (κ3) is 7.49. The second-order valence-corrected chi connectivity index (χ2v) is 10.1. The second-order valence-electron chi connectivity index (χ2n) is 9.42. The standard InChI is InChI=1S/C33H31N3O4S/c1-38-28-15-9-14-26(20-28)21-31-34-33(41-35-31)40-30-22-27(16-17-29(30)39-2)32(37)36(23-25-12-7-4-8-13-25)19-18-24-10-5-3-6-11-24/h3-17,20,22H,18-19,21,23H2,1-2H3. The van der Waals surface area contributed by atoms with Gasteiger partial charge in [-0.15, -0.1) is 0 Å². The molecule has 0 radical (unpaired) electrons. The lowest BCUT2D eigenvalue weighted by Gasteiger charge is -2.23. The Balaban J connectivity index is 1.34. The van der Waals surface area contributed by atoms with Crippen molar-refractivity contribution in [3.8, 4) is 22.4 Å². The number of aromatic nitrogens is 2. The predicted molar refractivity (Wildman–Crippen MR) is 160 cm³/mol. The number of amides is 1. The molecule has 208 valence electrons. The molecular formula is C33H31N3O4S. The molecule has 0 aliphatic carbocycles. The summed E-state index contributed by atoms with van der Waals surface area (Å²) >= 11 is 1.16. The first-order valence-corrected chi connectivity index (χ1v) is 14.1. The Hall–Kier alpha value is -4.69. The largest absolute Gasteiger partial charge is 0.497 e. The summed E-state index contributed by atoms with van der Waals surface area (Å²) in [6.07, 6.45) is 1.29. The lowest BCUT2D eigenvalue weighted by molar-refractivity contribution is 0.0744. The first-order chi connectivity index (χ1) is 20.1. The van der Waals surface area contributed by atoms with Crippen LogP contribution >= 0.6 is 11.5 Å². The van der Waals surface area contributed by atoms with Crippen molar-refractivity contribution in [2.45, 2.75) is 19.4 Å². The van der Waals surface area contributed by atoms with Crippen LogP contribution in [0.25, 0.3) is 0 Å². The summed E-state index contributed by atoms with van der Waals surface area (Å²) in [5.41, 5.74) is 3.79. The Labute approximate surface area is 244 Å². The van der Waals surface area contributed by atoms with Crippen LogP contribution in [0.15, 0.2) is 103 Å². The highest BCUT2D eigenvalue weighted by Gasteiger charge is 2.20. The molecule has 8 heteroatoms. The molecule has 1 aromatic heterocycles. The maximum atomic E-state index is 13.8. The van der Waals surface area contributed by atoms with Crippen LogP contribution in [0.2, 0.25) is 0 Å². The number of benzene rings is 4. The molecule has 0 unspecified atom stereocenters. The number of carbonyl (C=O) groups excluding carboxylic acids is 1. The Morgan fingerprint density at radius 3 is 2.24 bits per heavy atom. The molecule has 1 heterocycles. The molecular weight excluding hydrogens is 534 g/mol. The van der Waals surface area contributed by atoms with Crippen molar-refractivity contribution < 1.29 is 19.0 Å². The molecule has 0 N–H and O–H groups in total. The van der Waals surface area contributed by atoms with Crippen LogP contribution in [0.5, 0.6) is 22.4 Å². The molecule has 0 spiro atoms. The van der Waals surface area contributed by atoms with Crippen LogP contribution in [0.4, 0.5) is 0 Å². The van der Waals surface area contributed by atoms with Gasteiger partial charge in [0.25, 0.3) is 11.1 Å².